The first-order valence-electron chi connectivity index (χ1n) is 6.16. The van der Waals surface area contributed by atoms with Crippen molar-refractivity contribution in [2.24, 2.45) is 0 Å². The molecule has 1 heterocycles. The van der Waals surface area contributed by atoms with E-state index in [9.17, 15) is 0 Å². The molecule has 1 aromatic heterocycles. The van der Waals surface area contributed by atoms with Gasteiger partial charge in [-0.15, -0.1) is 0 Å². The molecule has 0 saturated heterocycles. The van der Waals surface area contributed by atoms with Crippen LogP contribution in [0.25, 0.3) is 0 Å². The Hall–Kier alpha value is -1.29. The number of nitrogens with one attached hydrogen (secondary N) is 1. The van der Waals surface area contributed by atoms with Crippen LogP contribution in [-0.4, -0.2) is 9.55 Å². The van der Waals surface area contributed by atoms with Gasteiger partial charge in [-0.1, -0.05) is 22.9 Å². The standard InChI is InChI=1S/C14H18BrN3/c1-4-6-18-7-5-16-14(18)17-12-8-10(2)13(15)11(3)9-12/h5,7-9H,4,6H2,1-3H3,(H,16,17). The van der Waals surface area contributed by atoms with Crippen LogP contribution in [0.2, 0.25) is 0 Å². The highest BCUT2D eigenvalue weighted by molar-refractivity contribution is 9.10. The van der Waals surface area contributed by atoms with E-state index in [1.807, 2.05) is 12.4 Å². The minimum atomic E-state index is 0.901. The second-order valence-corrected chi connectivity index (χ2v) is 5.29. The molecule has 0 aliphatic heterocycles. The lowest BCUT2D eigenvalue weighted by Crippen LogP contribution is -2.03. The predicted octanol–water partition coefficient (Wildman–Crippen LogP) is 4.42. The molecule has 4 heteroatoms. The molecule has 0 aliphatic rings. The van der Waals surface area contributed by atoms with E-state index in [1.165, 1.54) is 15.6 Å². The first-order valence-corrected chi connectivity index (χ1v) is 6.96. The summed E-state index contributed by atoms with van der Waals surface area (Å²) >= 11 is 3.58. The maximum atomic E-state index is 4.35. The molecule has 1 N–H and O–H groups in total. The van der Waals surface area contributed by atoms with Crippen molar-refractivity contribution >= 4 is 27.6 Å². The molecule has 1 aromatic carbocycles. The third kappa shape index (κ3) is 2.75. The summed E-state index contributed by atoms with van der Waals surface area (Å²) in [6.07, 6.45) is 4.93. The lowest BCUT2D eigenvalue weighted by molar-refractivity contribution is 0.686. The van der Waals surface area contributed by atoms with E-state index in [-0.39, 0.29) is 0 Å². The zero-order valence-electron chi connectivity index (χ0n) is 11.0. The van der Waals surface area contributed by atoms with E-state index in [4.69, 9.17) is 0 Å². The largest absolute Gasteiger partial charge is 0.326 e. The average Bonchev–Trinajstić information content (AvgIpc) is 2.74. The number of anilines is 2. The molecule has 0 saturated carbocycles. The average molecular weight is 308 g/mol. The summed E-state index contributed by atoms with van der Waals surface area (Å²) in [5, 5.41) is 3.38. The van der Waals surface area contributed by atoms with Crippen LogP contribution in [0.15, 0.2) is 29.0 Å². The van der Waals surface area contributed by atoms with Gasteiger partial charge in [0.05, 0.1) is 0 Å². The molecule has 0 aliphatic carbocycles. The second kappa shape index (κ2) is 5.57. The summed E-state index contributed by atoms with van der Waals surface area (Å²) in [6, 6.07) is 4.25. The molecule has 18 heavy (non-hydrogen) atoms. The van der Waals surface area contributed by atoms with Crippen molar-refractivity contribution in [3.8, 4) is 0 Å². The Labute approximate surface area is 116 Å². The molecule has 96 valence electrons. The first-order chi connectivity index (χ1) is 8.61. The first kappa shape index (κ1) is 13.1. The van der Waals surface area contributed by atoms with Gasteiger partial charge >= 0.3 is 0 Å². The minimum Gasteiger partial charge on any atom is -0.326 e. The van der Waals surface area contributed by atoms with Crippen LogP contribution in [0.1, 0.15) is 24.5 Å². The molecular weight excluding hydrogens is 290 g/mol. The van der Waals surface area contributed by atoms with E-state index < -0.39 is 0 Å². The van der Waals surface area contributed by atoms with Crippen molar-refractivity contribution in [2.45, 2.75) is 33.7 Å². The van der Waals surface area contributed by atoms with Gasteiger partial charge in [0.15, 0.2) is 0 Å². The Balaban J connectivity index is 2.26. The number of benzene rings is 1. The van der Waals surface area contributed by atoms with E-state index in [1.54, 1.807) is 0 Å². The van der Waals surface area contributed by atoms with Gasteiger partial charge in [0.2, 0.25) is 5.95 Å². The maximum absolute atomic E-state index is 4.35. The van der Waals surface area contributed by atoms with Crippen molar-refractivity contribution in [1.29, 1.82) is 0 Å². The number of imidazole rings is 1. The maximum Gasteiger partial charge on any atom is 0.207 e. The van der Waals surface area contributed by atoms with Gasteiger partial charge in [0.1, 0.15) is 0 Å². The highest BCUT2D eigenvalue weighted by Gasteiger charge is 2.05. The molecule has 0 amide bonds. The van der Waals surface area contributed by atoms with Gasteiger partial charge in [-0.25, -0.2) is 4.98 Å². The Morgan fingerprint density at radius 3 is 2.56 bits per heavy atom. The Kier molecular flexibility index (Phi) is 4.07. The zero-order chi connectivity index (χ0) is 13.1. The summed E-state index contributed by atoms with van der Waals surface area (Å²) in [7, 11) is 0. The third-order valence-electron chi connectivity index (χ3n) is 2.87. The lowest BCUT2D eigenvalue weighted by atomic mass is 10.1. The van der Waals surface area contributed by atoms with Crippen LogP contribution in [0.5, 0.6) is 0 Å². The number of hydrogen-bond donors (Lipinski definition) is 1. The van der Waals surface area contributed by atoms with Crippen LogP contribution in [-0.2, 0) is 6.54 Å². The number of nitrogens with zero attached hydrogens (tertiary/aromatic N) is 2. The van der Waals surface area contributed by atoms with Crippen molar-refractivity contribution in [3.05, 3.63) is 40.1 Å². The Bertz CT molecular complexity index is 523. The highest BCUT2D eigenvalue weighted by Crippen LogP contribution is 2.26. The topological polar surface area (TPSA) is 29.9 Å². The summed E-state index contributed by atoms with van der Waals surface area (Å²) in [4.78, 5) is 4.35. The molecule has 0 unspecified atom stereocenters. The minimum absolute atomic E-state index is 0.901. The predicted molar refractivity (Wildman–Crippen MR) is 79.4 cm³/mol. The van der Waals surface area contributed by atoms with Crippen molar-refractivity contribution in [1.82, 2.24) is 9.55 Å². The van der Waals surface area contributed by atoms with Crippen molar-refractivity contribution < 1.29 is 0 Å². The summed E-state index contributed by atoms with van der Waals surface area (Å²) in [6.45, 7) is 7.34. The number of rotatable bonds is 4. The lowest BCUT2D eigenvalue weighted by Gasteiger charge is -2.11. The third-order valence-corrected chi connectivity index (χ3v) is 4.12. The van der Waals surface area contributed by atoms with E-state index >= 15 is 0 Å². The molecule has 3 nitrogen and oxygen atoms in total. The van der Waals surface area contributed by atoms with Gasteiger partial charge < -0.3 is 9.88 Å². The van der Waals surface area contributed by atoms with Crippen LogP contribution in [0.3, 0.4) is 0 Å². The van der Waals surface area contributed by atoms with Gasteiger partial charge in [0, 0.05) is 29.1 Å². The van der Waals surface area contributed by atoms with E-state index in [0.717, 1.165) is 24.6 Å². The van der Waals surface area contributed by atoms with E-state index in [0.29, 0.717) is 0 Å². The number of hydrogen-bond acceptors (Lipinski definition) is 2. The molecular formula is C14H18BrN3. The fourth-order valence-electron chi connectivity index (χ4n) is 2.00. The molecule has 0 fully saturated rings. The summed E-state index contributed by atoms with van der Waals surface area (Å²) in [5.74, 6) is 0.901. The fourth-order valence-corrected chi connectivity index (χ4v) is 2.23. The summed E-state index contributed by atoms with van der Waals surface area (Å²) < 4.78 is 3.30. The molecule has 2 rings (SSSR count). The smallest absolute Gasteiger partial charge is 0.207 e. The highest BCUT2D eigenvalue weighted by atomic mass is 79.9. The second-order valence-electron chi connectivity index (χ2n) is 4.49. The van der Waals surface area contributed by atoms with Crippen molar-refractivity contribution in [3.63, 3.8) is 0 Å². The van der Waals surface area contributed by atoms with Crippen LogP contribution >= 0.6 is 15.9 Å². The fraction of sp³-hybridized carbons (Fsp3) is 0.357. The van der Waals surface area contributed by atoms with E-state index in [2.05, 4.69) is 63.7 Å². The van der Waals surface area contributed by atoms with Crippen LogP contribution in [0, 0.1) is 13.8 Å². The van der Waals surface area contributed by atoms with Crippen LogP contribution in [0.4, 0.5) is 11.6 Å². The quantitative estimate of drug-likeness (QED) is 0.906. The van der Waals surface area contributed by atoms with Crippen LogP contribution < -0.4 is 5.32 Å². The number of halogens is 1. The van der Waals surface area contributed by atoms with Gasteiger partial charge in [-0.2, -0.15) is 0 Å². The Morgan fingerprint density at radius 1 is 1.28 bits per heavy atom. The molecule has 0 bridgehead atoms. The van der Waals surface area contributed by atoms with Gasteiger partial charge in [-0.3, -0.25) is 0 Å². The number of aryl methyl sites for hydroxylation is 3. The molecule has 0 radical (unpaired) electrons. The normalized spacial score (nSPS) is 10.7. The summed E-state index contributed by atoms with van der Waals surface area (Å²) in [5.41, 5.74) is 3.54. The molecule has 0 spiro atoms. The number of aromatic nitrogens is 2. The molecule has 0 atom stereocenters. The van der Waals surface area contributed by atoms with Crippen molar-refractivity contribution in [2.75, 3.05) is 5.32 Å². The van der Waals surface area contributed by atoms with Gasteiger partial charge in [-0.05, 0) is 43.5 Å². The Morgan fingerprint density at radius 2 is 1.94 bits per heavy atom. The van der Waals surface area contributed by atoms with Gasteiger partial charge in [0.25, 0.3) is 0 Å². The SMILES string of the molecule is CCCn1ccnc1Nc1cc(C)c(Br)c(C)c1. The molecule has 2 aromatic rings. The zero-order valence-corrected chi connectivity index (χ0v) is 12.6. The monoisotopic (exact) mass is 307 g/mol.